The van der Waals surface area contributed by atoms with E-state index >= 15 is 0 Å². The monoisotopic (exact) mass is 366 g/mol. The molecule has 0 saturated carbocycles. The number of nitrogens with two attached hydrogens (primary N) is 1. The van der Waals surface area contributed by atoms with Crippen LogP contribution in [0.1, 0.15) is 20.1 Å². The quantitative estimate of drug-likeness (QED) is 0.632. The van der Waals surface area contributed by atoms with Crippen LogP contribution in [0.3, 0.4) is 0 Å². The number of nitrogens with zero attached hydrogens (tertiary/aromatic N) is 3. The van der Waals surface area contributed by atoms with Crippen LogP contribution in [-0.4, -0.2) is 37.8 Å². The molecule has 3 heterocycles. The minimum atomic E-state index is -0.692. The van der Waals surface area contributed by atoms with Crippen molar-refractivity contribution in [2.45, 2.75) is 31.6 Å². The van der Waals surface area contributed by atoms with Crippen LogP contribution in [0.5, 0.6) is 0 Å². The molecule has 0 radical (unpaired) electrons. The summed E-state index contributed by atoms with van der Waals surface area (Å²) in [5.74, 6) is 5.69. The number of rotatable bonds is 3. The van der Waals surface area contributed by atoms with Crippen LogP contribution in [0.25, 0.3) is 10.3 Å². The second-order valence-corrected chi connectivity index (χ2v) is 7.00. The van der Waals surface area contributed by atoms with Crippen LogP contribution in [0.15, 0.2) is 11.0 Å². The van der Waals surface area contributed by atoms with Crippen LogP contribution in [0.4, 0.5) is 5.95 Å². The Labute approximate surface area is 145 Å². The molecule has 0 amide bonds. The zero-order valence-corrected chi connectivity index (χ0v) is 14.5. The van der Waals surface area contributed by atoms with E-state index in [0.29, 0.717) is 16.1 Å². The lowest BCUT2D eigenvalue weighted by molar-refractivity contribution is -0.148. The maximum Gasteiger partial charge on any atom is 0.311 e. The molecule has 8 nitrogen and oxygen atoms in total. The van der Waals surface area contributed by atoms with Gasteiger partial charge in [-0.15, -0.1) is 17.7 Å². The van der Waals surface area contributed by atoms with Crippen molar-refractivity contribution in [3.8, 4) is 11.8 Å². The Balaban J connectivity index is 1.89. The summed E-state index contributed by atoms with van der Waals surface area (Å²) in [4.78, 5) is 31.3. The number of carbonyl (C=O) groups is 1. The number of thiazole rings is 1. The van der Waals surface area contributed by atoms with E-state index in [1.807, 2.05) is 0 Å². The molecular formula is C14H14N4O4S2. The molecule has 1 saturated heterocycles. The summed E-state index contributed by atoms with van der Waals surface area (Å²) in [6, 6.07) is 0. The first kappa shape index (κ1) is 16.8. The third-order valence-electron chi connectivity index (χ3n) is 3.19. The van der Waals surface area contributed by atoms with E-state index in [-0.39, 0.29) is 10.8 Å². The topological polar surface area (TPSA) is 109 Å². The predicted molar refractivity (Wildman–Crippen MR) is 91.5 cm³/mol. The van der Waals surface area contributed by atoms with Gasteiger partial charge in [0, 0.05) is 12.7 Å². The molecule has 1 aliphatic heterocycles. The molecule has 24 heavy (non-hydrogen) atoms. The van der Waals surface area contributed by atoms with E-state index in [9.17, 15) is 9.59 Å². The Kier molecular flexibility index (Phi) is 4.75. The van der Waals surface area contributed by atoms with Gasteiger partial charge in [-0.2, -0.15) is 4.98 Å². The molecule has 1 fully saturated rings. The van der Waals surface area contributed by atoms with Crippen molar-refractivity contribution in [3.05, 3.63) is 15.9 Å². The second-order valence-electron chi connectivity index (χ2n) is 4.87. The fourth-order valence-corrected chi connectivity index (χ4v) is 4.20. The van der Waals surface area contributed by atoms with E-state index in [0.717, 1.165) is 11.3 Å². The number of fused-ring (bicyclic) bond motifs is 1. The number of ether oxygens (including phenoxy) is 2. The van der Waals surface area contributed by atoms with Gasteiger partial charge in [-0.3, -0.25) is 14.2 Å². The average Bonchev–Trinajstić information content (AvgIpc) is 3.09. The molecule has 0 aromatic carbocycles. The van der Waals surface area contributed by atoms with Crippen molar-refractivity contribution < 1.29 is 14.3 Å². The Hall–Kier alpha value is -2.09. The maximum atomic E-state index is 12.3. The predicted octanol–water partition coefficient (Wildman–Crippen LogP) is 0.978. The molecule has 2 aromatic heterocycles. The molecule has 0 aliphatic carbocycles. The third-order valence-corrected chi connectivity index (χ3v) is 5.23. The van der Waals surface area contributed by atoms with Crippen LogP contribution in [0.2, 0.25) is 0 Å². The van der Waals surface area contributed by atoms with Gasteiger partial charge < -0.3 is 15.2 Å². The number of nitrogen functional groups attached to an aromatic ring is 1. The van der Waals surface area contributed by atoms with Gasteiger partial charge in [-0.25, -0.2) is 4.98 Å². The highest BCUT2D eigenvalue weighted by Gasteiger charge is 2.36. The van der Waals surface area contributed by atoms with Gasteiger partial charge in [-0.1, -0.05) is 17.3 Å². The van der Waals surface area contributed by atoms with Gasteiger partial charge >= 0.3 is 10.8 Å². The normalized spacial score (nSPS) is 21.2. The molecule has 0 bridgehead atoms. The minimum Gasteiger partial charge on any atom is -0.446 e. The van der Waals surface area contributed by atoms with E-state index in [4.69, 9.17) is 15.2 Å². The SMILES string of the molecule is CC#CC(OC(C)=O)[C@H]1O[C@@H](n2c(=O)sc3cnc(N)nc32)CS1. The van der Waals surface area contributed by atoms with E-state index in [2.05, 4.69) is 21.8 Å². The molecule has 3 rings (SSSR count). The number of esters is 1. The van der Waals surface area contributed by atoms with E-state index in [1.54, 1.807) is 6.92 Å². The summed E-state index contributed by atoms with van der Waals surface area (Å²) in [5.41, 5.74) is 5.58. The van der Waals surface area contributed by atoms with E-state index < -0.39 is 23.7 Å². The molecule has 3 atom stereocenters. The molecule has 1 unspecified atom stereocenters. The van der Waals surface area contributed by atoms with Crippen LogP contribution in [0, 0.1) is 11.8 Å². The Morgan fingerprint density at radius 3 is 3.12 bits per heavy atom. The van der Waals surface area contributed by atoms with Gasteiger partial charge in [-0.05, 0) is 6.92 Å². The number of hydrogen-bond acceptors (Lipinski definition) is 9. The first-order valence-corrected chi connectivity index (χ1v) is 8.86. The van der Waals surface area contributed by atoms with E-state index in [1.165, 1.54) is 29.4 Å². The summed E-state index contributed by atoms with van der Waals surface area (Å²) in [6.45, 7) is 2.97. The van der Waals surface area contributed by atoms with Gasteiger partial charge in [0.1, 0.15) is 0 Å². The van der Waals surface area contributed by atoms with Gasteiger partial charge in [0.2, 0.25) is 5.95 Å². The van der Waals surface area contributed by atoms with Gasteiger partial charge in [0.15, 0.2) is 23.4 Å². The van der Waals surface area contributed by atoms with Crippen molar-refractivity contribution in [3.63, 3.8) is 0 Å². The van der Waals surface area contributed by atoms with Crippen LogP contribution < -0.4 is 10.6 Å². The maximum absolute atomic E-state index is 12.3. The lowest BCUT2D eigenvalue weighted by Crippen LogP contribution is -2.29. The number of hydrogen-bond donors (Lipinski definition) is 1. The summed E-state index contributed by atoms with van der Waals surface area (Å²) in [6.07, 6.45) is 0.291. The highest BCUT2D eigenvalue weighted by molar-refractivity contribution is 8.00. The lowest BCUT2D eigenvalue weighted by atomic mass is 10.3. The standard InChI is InChI=1S/C14H14N4O4S2/c1-3-4-8(21-7(2)19)12-22-10(6-23-12)18-11-9(24-14(18)20)5-16-13(15)17-11/h5,8,10,12H,6H2,1-2H3,(H2,15,16,17)/t8?,10-,12+/m1/s1. The Morgan fingerprint density at radius 1 is 1.62 bits per heavy atom. The Morgan fingerprint density at radius 2 is 2.42 bits per heavy atom. The van der Waals surface area contributed by atoms with Crippen molar-refractivity contribution >= 4 is 45.4 Å². The smallest absolute Gasteiger partial charge is 0.311 e. The lowest BCUT2D eigenvalue weighted by Gasteiger charge is -2.18. The fraction of sp³-hybridized carbons (Fsp3) is 0.429. The summed E-state index contributed by atoms with van der Waals surface area (Å²) < 4.78 is 13.2. The van der Waals surface area contributed by atoms with Gasteiger partial charge in [0.05, 0.1) is 10.9 Å². The highest BCUT2D eigenvalue weighted by atomic mass is 32.2. The zero-order chi connectivity index (χ0) is 17.3. The van der Waals surface area contributed by atoms with Crippen molar-refractivity contribution in [1.82, 2.24) is 14.5 Å². The number of carbonyl (C=O) groups excluding carboxylic acids is 1. The molecule has 1 aliphatic rings. The van der Waals surface area contributed by atoms with Crippen LogP contribution >= 0.6 is 23.1 Å². The van der Waals surface area contributed by atoms with Gasteiger partial charge in [0.25, 0.3) is 0 Å². The number of thioether (sulfide) groups is 1. The highest BCUT2D eigenvalue weighted by Crippen LogP contribution is 2.35. The summed E-state index contributed by atoms with van der Waals surface area (Å²) in [5, 5.41) is 0. The Bertz CT molecular complexity index is 898. The minimum absolute atomic E-state index is 0.0888. The number of anilines is 1. The molecule has 2 N–H and O–H groups in total. The van der Waals surface area contributed by atoms with Crippen molar-refractivity contribution in [2.24, 2.45) is 0 Å². The molecule has 0 spiro atoms. The third kappa shape index (κ3) is 3.24. The largest absolute Gasteiger partial charge is 0.446 e. The first-order chi connectivity index (χ1) is 11.5. The molecule has 10 heteroatoms. The summed E-state index contributed by atoms with van der Waals surface area (Å²) >= 11 is 2.46. The number of aromatic nitrogens is 3. The van der Waals surface area contributed by atoms with Crippen LogP contribution in [-0.2, 0) is 14.3 Å². The first-order valence-electron chi connectivity index (χ1n) is 6.99. The zero-order valence-electron chi connectivity index (χ0n) is 12.9. The van der Waals surface area contributed by atoms with Crippen molar-refractivity contribution in [2.75, 3.05) is 11.5 Å². The van der Waals surface area contributed by atoms with Crippen molar-refractivity contribution in [1.29, 1.82) is 0 Å². The molecular weight excluding hydrogens is 352 g/mol. The average molecular weight is 366 g/mol. The fourth-order valence-electron chi connectivity index (χ4n) is 2.28. The molecule has 2 aromatic rings. The second kappa shape index (κ2) is 6.80. The summed E-state index contributed by atoms with van der Waals surface area (Å²) in [7, 11) is 0. The molecule has 126 valence electrons.